The average molecular weight is 550 g/mol. The van der Waals surface area contributed by atoms with Gasteiger partial charge in [0.2, 0.25) is 0 Å². The molecule has 0 aliphatic heterocycles. The second-order valence-electron chi connectivity index (χ2n) is 9.49. The quantitative estimate of drug-likeness (QED) is 0.150. The Balaban J connectivity index is 0.000000206. The number of rotatable bonds is 5. The largest absolute Gasteiger partial charge is 0.384 e. The highest BCUT2D eigenvalue weighted by molar-refractivity contribution is 5.94. The van der Waals surface area contributed by atoms with Crippen LogP contribution in [-0.2, 0) is 6.54 Å². The number of hydrogen-bond acceptors (Lipinski definition) is 4. The molecule has 5 nitrogen and oxygen atoms in total. The van der Waals surface area contributed by atoms with Crippen LogP contribution in [0.3, 0.4) is 0 Å². The summed E-state index contributed by atoms with van der Waals surface area (Å²) in [6, 6.07) is 49.9. The number of aromatic nitrogens is 2. The van der Waals surface area contributed by atoms with Crippen LogP contribution in [0, 0.1) is 12.3 Å². The van der Waals surface area contributed by atoms with Crippen molar-refractivity contribution >= 4 is 5.84 Å². The molecule has 208 valence electrons. The molecule has 0 atom stereocenters. The summed E-state index contributed by atoms with van der Waals surface area (Å²) in [5.74, 6) is 0.821. The fourth-order valence-electron chi connectivity index (χ4n) is 4.15. The van der Waals surface area contributed by atoms with Crippen molar-refractivity contribution < 1.29 is 0 Å². The Morgan fingerprint density at radius 1 is 0.595 bits per heavy atom. The summed E-state index contributed by atoms with van der Waals surface area (Å²) in [5, 5.41) is 7.01. The Hall–Kier alpha value is -5.39. The van der Waals surface area contributed by atoms with Gasteiger partial charge in [-0.25, -0.2) is 9.97 Å². The van der Waals surface area contributed by atoms with Crippen molar-refractivity contribution in [2.75, 3.05) is 0 Å². The van der Waals surface area contributed by atoms with Crippen LogP contribution in [0.25, 0.3) is 33.9 Å². The molecule has 5 N–H and O–H groups in total. The van der Waals surface area contributed by atoms with E-state index in [1.165, 1.54) is 5.56 Å². The van der Waals surface area contributed by atoms with Gasteiger partial charge in [0.05, 0.1) is 11.4 Å². The summed E-state index contributed by atoms with van der Waals surface area (Å²) < 4.78 is 0. The maximum atomic E-state index is 7.01. The van der Waals surface area contributed by atoms with E-state index in [0.717, 1.165) is 39.2 Å². The number of nitrogen functional groups attached to an aromatic ring is 1. The van der Waals surface area contributed by atoms with Crippen molar-refractivity contribution in [3.63, 3.8) is 0 Å². The number of nitrogens with one attached hydrogen (secondary N) is 1. The number of benzene rings is 5. The minimum Gasteiger partial charge on any atom is -0.384 e. The van der Waals surface area contributed by atoms with Gasteiger partial charge in [-0.1, -0.05) is 151 Å². The molecule has 0 bridgehead atoms. The monoisotopic (exact) mass is 549 g/mol. The third-order valence-electron chi connectivity index (χ3n) is 6.37. The normalized spacial score (nSPS) is 9.95. The highest BCUT2D eigenvalue weighted by Gasteiger charge is 2.12. The summed E-state index contributed by atoms with van der Waals surface area (Å²) >= 11 is 0. The van der Waals surface area contributed by atoms with E-state index in [-0.39, 0.29) is 5.84 Å². The smallest absolute Gasteiger partial charge is 0.160 e. The van der Waals surface area contributed by atoms with Crippen LogP contribution in [0.1, 0.15) is 16.7 Å². The molecule has 5 aromatic carbocycles. The topological polar surface area (TPSA) is 102 Å². The molecule has 0 aliphatic carbocycles. The van der Waals surface area contributed by atoms with E-state index in [1.54, 1.807) is 0 Å². The van der Waals surface area contributed by atoms with Gasteiger partial charge < -0.3 is 11.5 Å². The SMILES string of the molecule is Cc1ccccc1.N=C(N)c1ccccc1.NCc1ccccc1-c1nc(-c2ccccc2)cc(-c2ccccc2)n1. The molecule has 5 heteroatoms. The van der Waals surface area contributed by atoms with Gasteiger partial charge in [0.1, 0.15) is 5.84 Å². The minimum absolute atomic E-state index is 0.121. The lowest BCUT2D eigenvalue weighted by Crippen LogP contribution is -2.10. The van der Waals surface area contributed by atoms with Gasteiger partial charge in [-0.2, -0.15) is 0 Å². The van der Waals surface area contributed by atoms with E-state index in [0.29, 0.717) is 12.4 Å². The van der Waals surface area contributed by atoms with E-state index >= 15 is 0 Å². The second kappa shape index (κ2) is 15.4. The van der Waals surface area contributed by atoms with Gasteiger partial charge in [0.25, 0.3) is 0 Å². The summed E-state index contributed by atoms with van der Waals surface area (Å²) in [4.78, 5) is 9.68. The predicted octanol–water partition coefficient (Wildman–Crippen LogP) is 7.90. The van der Waals surface area contributed by atoms with Gasteiger partial charge in [0.15, 0.2) is 5.82 Å². The first-order valence-corrected chi connectivity index (χ1v) is 13.7. The fraction of sp³-hybridized carbons (Fsp3) is 0.0541. The lowest BCUT2D eigenvalue weighted by atomic mass is 10.0. The van der Waals surface area contributed by atoms with Crippen molar-refractivity contribution in [1.82, 2.24) is 9.97 Å². The first-order chi connectivity index (χ1) is 20.5. The molecule has 0 aliphatic rings. The maximum Gasteiger partial charge on any atom is 0.160 e. The summed E-state index contributed by atoms with van der Waals surface area (Å²) in [6.07, 6.45) is 0. The van der Waals surface area contributed by atoms with Gasteiger partial charge in [-0.3, -0.25) is 5.41 Å². The van der Waals surface area contributed by atoms with Crippen molar-refractivity contribution in [3.05, 3.63) is 168 Å². The average Bonchev–Trinajstić information content (AvgIpc) is 3.06. The molecule has 0 fully saturated rings. The summed E-state index contributed by atoms with van der Waals surface area (Å²) in [6.45, 7) is 2.54. The van der Waals surface area contributed by atoms with Gasteiger partial charge in [-0.15, -0.1) is 0 Å². The number of hydrogen-bond donors (Lipinski definition) is 3. The third kappa shape index (κ3) is 8.55. The minimum atomic E-state index is 0.121. The van der Waals surface area contributed by atoms with Gasteiger partial charge in [0, 0.05) is 28.8 Å². The Labute approximate surface area is 248 Å². The molecule has 0 radical (unpaired) electrons. The van der Waals surface area contributed by atoms with E-state index in [4.69, 9.17) is 26.8 Å². The zero-order chi connectivity index (χ0) is 29.6. The van der Waals surface area contributed by atoms with Crippen molar-refractivity contribution in [3.8, 4) is 33.9 Å². The Bertz CT molecular complexity index is 1610. The first-order valence-electron chi connectivity index (χ1n) is 13.7. The lowest BCUT2D eigenvalue weighted by molar-refractivity contribution is 1.06. The number of amidine groups is 1. The molecule has 6 rings (SSSR count). The standard InChI is InChI=1S/C23H19N3.C7H8N2.C7H8/c24-16-19-13-7-8-14-20(19)23-25-21(17-9-3-1-4-10-17)15-22(26-23)18-11-5-2-6-12-18;8-7(9)6-4-2-1-3-5-6;1-7-5-3-2-4-6-7/h1-15H,16,24H2;1-5H,(H3,8,9);2-6H,1H3. The van der Waals surface area contributed by atoms with Crippen molar-refractivity contribution in [2.24, 2.45) is 11.5 Å². The molecule has 0 amide bonds. The molecule has 0 saturated heterocycles. The number of nitrogens with two attached hydrogens (primary N) is 2. The highest BCUT2D eigenvalue weighted by atomic mass is 14.9. The molecule has 6 aromatic rings. The molecule has 42 heavy (non-hydrogen) atoms. The van der Waals surface area contributed by atoms with Crippen LogP contribution in [0.4, 0.5) is 0 Å². The van der Waals surface area contributed by atoms with E-state index < -0.39 is 0 Å². The van der Waals surface area contributed by atoms with Crippen LogP contribution in [-0.4, -0.2) is 15.8 Å². The summed E-state index contributed by atoms with van der Waals surface area (Å²) in [7, 11) is 0. The Kier molecular flexibility index (Phi) is 10.9. The predicted molar refractivity (Wildman–Crippen MR) is 175 cm³/mol. The van der Waals surface area contributed by atoms with Crippen molar-refractivity contribution in [2.45, 2.75) is 13.5 Å². The van der Waals surface area contributed by atoms with E-state index in [2.05, 4.69) is 43.3 Å². The second-order valence-corrected chi connectivity index (χ2v) is 9.49. The fourth-order valence-corrected chi connectivity index (χ4v) is 4.15. The van der Waals surface area contributed by atoms with Gasteiger partial charge in [-0.05, 0) is 18.6 Å². The molecular formula is C37H35N5. The third-order valence-corrected chi connectivity index (χ3v) is 6.37. The summed E-state index contributed by atoms with van der Waals surface area (Å²) in [5.41, 5.74) is 19.2. The van der Waals surface area contributed by atoms with Gasteiger partial charge >= 0.3 is 0 Å². The Morgan fingerprint density at radius 3 is 1.43 bits per heavy atom. The van der Waals surface area contributed by atoms with Crippen LogP contribution in [0.15, 0.2) is 152 Å². The van der Waals surface area contributed by atoms with Crippen molar-refractivity contribution in [1.29, 1.82) is 5.41 Å². The molecule has 0 unspecified atom stereocenters. The number of aryl methyl sites for hydroxylation is 1. The maximum absolute atomic E-state index is 7.01. The van der Waals surface area contributed by atoms with Crippen LogP contribution in [0.5, 0.6) is 0 Å². The molecule has 1 aromatic heterocycles. The zero-order valence-electron chi connectivity index (χ0n) is 23.7. The number of nitrogens with zero attached hydrogens (tertiary/aromatic N) is 2. The molecule has 0 saturated carbocycles. The zero-order valence-corrected chi connectivity index (χ0v) is 23.7. The van der Waals surface area contributed by atoms with E-state index in [9.17, 15) is 0 Å². The van der Waals surface area contributed by atoms with E-state index in [1.807, 2.05) is 115 Å². The van der Waals surface area contributed by atoms with Crippen LogP contribution in [0.2, 0.25) is 0 Å². The first kappa shape index (κ1) is 29.6. The highest BCUT2D eigenvalue weighted by Crippen LogP contribution is 2.28. The molecule has 0 spiro atoms. The molecular weight excluding hydrogens is 514 g/mol. The Morgan fingerprint density at radius 2 is 1.02 bits per heavy atom. The van der Waals surface area contributed by atoms with Crippen LogP contribution < -0.4 is 11.5 Å². The lowest BCUT2D eigenvalue weighted by Gasteiger charge is -2.11. The van der Waals surface area contributed by atoms with Crippen LogP contribution >= 0.6 is 0 Å². The molecule has 1 heterocycles.